The van der Waals surface area contributed by atoms with Crippen molar-refractivity contribution >= 4 is 15.9 Å². The molecule has 5 nitrogen and oxygen atoms in total. The number of likely N-dealkylation sites (tertiary alicyclic amines) is 1. The second kappa shape index (κ2) is 6.93. The number of unbranched alkanes of at least 4 members (excludes halogenated alkanes) is 1. The first-order chi connectivity index (χ1) is 8.84. The summed E-state index contributed by atoms with van der Waals surface area (Å²) in [7, 11) is -3.05. The van der Waals surface area contributed by atoms with Crippen molar-refractivity contribution in [3.05, 3.63) is 12.7 Å². The van der Waals surface area contributed by atoms with E-state index in [1.165, 1.54) is 6.26 Å². The number of carbonyl (C=O) groups excluding carboxylic acids is 1. The number of allylic oxidation sites excluding steroid dienone is 1. The zero-order valence-electron chi connectivity index (χ0n) is 11.8. The van der Waals surface area contributed by atoms with E-state index in [9.17, 15) is 13.2 Å². The molecule has 0 aromatic heterocycles. The van der Waals surface area contributed by atoms with Crippen LogP contribution in [0.3, 0.4) is 0 Å². The van der Waals surface area contributed by atoms with Crippen LogP contribution in [0.2, 0.25) is 0 Å². The third-order valence-corrected chi connectivity index (χ3v) is 5.05. The molecule has 0 aromatic rings. The summed E-state index contributed by atoms with van der Waals surface area (Å²) < 4.78 is 22.9. The molecule has 110 valence electrons. The number of hydrogen-bond acceptors (Lipinski definition) is 3. The van der Waals surface area contributed by atoms with Gasteiger partial charge in [-0.25, -0.2) is 13.2 Å². The maximum Gasteiger partial charge on any atom is 0.317 e. The minimum Gasteiger partial charge on any atom is -0.336 e. The predicted molar refractivity (Wildman–Crippen MR) is 76.9 cm³/mol. The smallest absolute Gasteiger partial charge is 0.317 e. The van der Waals surface area contributed by atoms with Crippen molar-refractivity contribution in [2.45, 2.75) is 43.9 Å². The van der Waals surface area contributed by atoms with Crippen molar-refractivity contribution in [2.24, 2.45) is 0 Å². The molecule has 1 rings (SSSR count). The monoisotopic (exact) mass is 288 g/mol. The Morgan fingerprint density at radius 2 is 2.26 bits per heavy atom. The molecular formula is C13H24N2O3S. The average molecular weight is 288 g/mol. The van der Waals surface area contributed by atoms with Gasteiger partial charge < -0.3 is 10.2 Å². The zero-order chi connectivity index (χ0) is 14.5. The van der Waals surface area contributed by atoms with E-state index in [1.807, 2.05) is 13.0 Å². The molecule has 1 heterocycles. The molecule has 0 aromatic carbocycles. The van der Waals surface area contributed by atoms with E-state index in [4.69, 9.17) is 0 Å². The molecule has 0 aliphatic carbocycles. The van der Waals surface area contributed by atoms with Gasteiger partial charge in [0.15, 0.2) is 9.84 Å². The lowest BCUT2D eigenvalue weighted by atomic mass is 10.1. The van der Waals surface area contributed by atoms with Crippen molar-refractivity contribution in [3.63, 3.8) is 0 Å². The van der Waals surface area contributed by atoms with Gasteiger partial charge in [-0.1, -0.05) is 6.08 Å². The molecule has 0 radical (unpaired) electrons. The fourth-order valence-corrected chi connectivity index (χ4v) is 3.19. The van der Waals surface area contributed by atoms with Gasteiger partial charge in [0.2, 0.25) is 0 Å². The number of carbonyl (C=O) groups is 1. The first kappa shape index (κ1) is 16.0. The standard InChI is InChI=1S/C13H24N2O3S/c1-4-5-6-7-11(2)14-13(16)15-9-8-12(10-15)19(3,17)18/h4,11-12H,1,5-10H2,2-3H3,(H,14,16)/t11-,12+/m0/s1. The molecule has 1 N–H and O–H groups in total. The zero-order valence-corrected chi connectivity index (χ0v) is 12.6. The summed E-state index contributed by atoms with van der Waals surface area (Å²) in [5.41, 5.74) is 0. The highest BCUT2D eigenvalue weighted by Crippen LogP contribution is 2.16. The Bertz CT molecular complexity index is 420. The van der Waals surface area contributed by atoms with Crippen LogP contribution in [0.15, 0.2) is 12.7 Å². The van der Waals surface area contributed by atoms with E-state index in [0.717, 1.165) is 19.3 Å². The summed E-state index contributed by atoms with van der Waals surface area (Å²) in [6.07, 6.45) is 6.48. The third kappa shape index (κ3) is 5.22. The second-order valence-corrected chi connectivity index (χ2v) is 7.58. The Balaban J connectivity index is 2.37. The minimum absolute atomic E-state index is 0.102. The first-order valence-corrected chi connectivity index (χ1v) is 8.65. The van der Waals surface area contributed by atoms with E-state index < -0.39 is 15.1 Å². The molecule has 2 amide bonds. The van der Waals surface area contributed by atoms with E-state index in [2.05, 4.69) is 11.9 Å². The Morgan fingerprint density at radius 1 is 1.58 bits per heavy atom. The van der Waals surface area contributed by atoms with Gasteiger partial charge in [0.1, 0.15) is 0 Å². The quantitative estimate of drug-likeness (QED) is 0.596. The summed E-state index contributed by atoms with van der Waals surface area (Å²) in [4.78, 5) is 13.6. The number of urea groups is 1. The summed E-state index contributed by atoms with van der Waals surface area (Å²) >= 11 is 0. The topological polar surface area (TPSA) is 66.5 Å². The van der Waals surface area contributed by atoms with Gasteiger partial charge in [0, 0.05) is 25.4 Å². The lowest BCUT2D eigenvalue weighted by Crippen LogP contribution is -2.43. The van der Waals surface area contributed by atoms with Gasteiger partial charge in [-0.2, -0.15) is 0 Å². The van der Waals surface area contributed by atoms with Crippen molar-refractivity contribution in [1.29, 1.82) is 0 Å². The average Bonchev–Trinajstić information content (AvgIpc) is 2.78. The molecular weight excluding hydrogens is 264 g/mol. The van der Waals surface area contributed by atoms with E-state index in [0.29, 0.717) is 19.5 Å². The van der Waals surface area contributed by atoms with Gasteiger partial charge in [-0.3, -0.25) is 0 Å². The summed E-state index contributed by atoms with van der Waals surface area (Å²) in [6, 6.07) is -0.0537. The molecule has 0 bridgehead atoms. The van der Waals surface area contributed by atoms with Crippen molar-refractivity contribution < 1.29 is 13.2 Å². The van der Waals surface area contributed by atoms with Crippen LogP contribution in [0, 0.1) is 0 Å². The van der Waals surface area contributed by atoms with E-state index in [1.54, 1.807) is 4.90 Å². The fraction of sp³-hybridized carbons (Fsp3) is 0.769. The second-order valence-electron chi connectivity index (χ2n) is 5.26. The molecule has 2 atom stereocenters. The Labute approximate surface area is 116 Å². The largest absolute Gasteiger partial charge is 0.336 e. The van der Waals surface area contributed by atoms with Gasteiger partial charge in [-0.15, -0.1) is 6.58 Å². The Morgan fingerprint density at radius 3 is 2.79 bits per heavy atom. The maximum absolute atomic E-state index is 12.0. The molecule has 0 spiro atoms. The maximum atomic E-state index is 12.0. The fourth-order valence-electron chi connectivity index (χ4n) is 2.20. The molecule has 1 saturated heterocycles. The SMILES string of the molecule is C=CCCC[C@H](C)NC(=O)N1CC[C@@H](S(C)(=O)=O)C1. The summed E-state index contributed by atoms with van der Waals surface area (Å²) in [6.45, 7) is 6.45. The first-order valence-electron chi connectivity index (χ1n) is 6.69. The van der Waals surface area contributed by atoms with Gasteiger partial charge in [-0.05, 0) is 32.6 Å². The molecule has 0 saturated carbocycles. The van der Waals surface area contributed by atoms with E-state index >= 15 is 0 Å². The number of nitrogens with one attached hydrogen (secondary N) is 1. The van der Waals surface area contributed by atoms with Crippen molar-refractivity contribution in [3.8, 4) is 0 Å². The summed E-state index contributed by atoms with van der Waals surface area (Å²) in [5.74, 6) is 0. The molecule has 1 aliphatic heterocycles. The Kier molecular flexibility index (Phi) is 5.85. The minimum atomic E-state index is -3.05. The highest BCUT2D eigenvalue weighted by atomic mass is 32.2. The van der Waals surface area contributed by atoms with Crippen LogP contribution in [-0.2, 0) is 9.84 Å². The van der Waals surface area contributed by atoms with Crippen molar-refractivity contribution in [1.82, 2.24) is 10.2 Å². The van der Waals surface area contributed by atoms with Crippen LogP contribution in [0.25, 0.3) is 0 Å². The molecule has 1 fully saturated rings. The lowest BCUT2D eigenvalue weighted by molar-refractivity contribution is 0.204. The van der Waals surface area contributed by atoms with Crippen LogP contribution >= 0.6 is 0 Å². The number of hydrogen-bond donors (Lipinski definition) is 1. The van der Waals surface area contributed by atoms with E-state index in [-0.39, 0.29) is 12.1 Å². The van der Waals surface area contributed by atoms with Crippen LogP contribution in [0.1, 0.15) is 32.6 Å². The summed E-state index contributed by atoms with van der Waals surface area (Å²) in [5, 5.41) is 2.50. The molecule has 1 aliphatic rings. The Hall–Kier alpha value is -1.04. The number of rotatable bonds is 6. The normalized spacial score (nSPS) is 21.2. The van der Waals surface area contributed by atoms with Crippen LogP contribution in [-0.4, -0.2) is 50.0 Å². The highest BCUT2D eigenvalue weighted by molar-refractivity contribution is 7.91. The third-order valence-electron chi connectivity index (χ3n) is 3.45. The molecule has 0 unspecified atom stereocenters. The lowest BCUT2D eigenvalue weighted by Gasteiger charge is -2.20. The van der Waals surface area contributed by atoms with Crippen LogP contribution in [0.4, 0.5) is 4.79 Å². The van der Waals surface area contributed by atoms with Crippen molar-refractivity contribution in [2.75, 3.05) is 19.3 Å². The van der Waals surface area contributed by atoms with Gasteiger partial charge in [0.25, 0.3) is 0 Å². The van der Waals surface area contributed by atoms with Gasteiger partial charge >= 0.3 is 6.03 Å². The predicted octanol–water partition coefficient (Wildman–Crippen LogP) is 1.56. The van der Waals surface area contributed by atoms with Crippen LogP contribution < -0.4 is 5.32 Å². The van der Waals surface area contributed by atoms with Crippen LogP contribution in [0.5, 0.6) is 0 Å². The molecule has 6 heteroatoms. The number of amides is 2. The molecule has 19 heavy (non-hydrogen) atoms. The highest BCUT2D eigenvalue weighted by Gasteiger charge is 2.32. The number of sulfone groups is 1. The number of nitrogens with zero attached hydrogens (tertiary/aromatic N) is 1. The van der Waals surface area contributed by atoms with Gasteiger partial charge in [0.05, 0.1) is 5.25 Å².